The van der Waals surface area contributed by atoms with Crippen molar-refractivity contribution in [3.8, 4) is 5.75 Å². The van der Waals surface area contributed by atoms with Crippen molar-refractivity contribution >= 4 is 0 Å². The lowest BCUT2D eigenvalue weighted by molar-refractivity contribution is -0.0384. The first kappa shape index (κ1) is 16.0. The van der Waals surface area contributed by atoms with Gasteiger partial charge in [-0.05, 0) is 37.5 Å². The molecule has 0 radical (unpaired) electrons. The molecule has 0 aliphatic heterocycles. The van der Waals surface area contributed by atoms with Crippen molar-refractivity contribution in [1.82, 2.24) is 0 Å². The summed E-state index contributed by atoms with van der Waals surface area (Å²) in [7, 11) is 0. The molecule has 0 saturated heterocycles. The highest BCUT2D eigenvalue weighted by molar-refractivity contribution is 5.29. The van der Waals surface area contributed by atoms with E-state index < -0.39 is 6.10 Å². The van der Waals surface area contributed by atoms with Crippen molar-refractivity contribution < 1.29 is 14.6 Å². The molecule has 1 aromatic rings. The van der Waals surface area contributed by atoms with Crippen LogP contribution in [0.25, 0.3) is 0 Å². The van der Waals surface area contributed by atoms with Crippen LogP contribution in [0.1, 0.15) is 51.7 Å². The van der Waals surface area contributed by atoms with Crippen molar-refractivity contribution in [2.75, 3.05) is 13.2 Å². The fourth-order valence-corrected chi connectivity index (χ4v) is 2.03. The number of aliphatic hydroxyl groups is 1. The summed E-state index contributed by atoms with van der Waals surface area (Å²) in [6.07, 6.45) is 2.16. The zero-order valence-corrected chi connectivity index (χ0v) is 12.3. The third-order valence-corrected chi connectivity index (χ3v) is 3.00. The third kappa shape index (κ3) is 5.21. The van der Waals surface area contributed by atoms with Crippen molar-refractivity contribution in [3.63, 3.8) is 0 Å². The molecule has 0 saturated carbocycles. The quantitative estimate of drug-likeness (QED) is 0.740. The first-order valence-electron chi connectivity index (χ1n) is 7.25. The van der Waals surface area contributed by atoms with Gasteiger partial charge in [0.15, 0.2) is 0 Å². The van der Waals surface area contributed by atoms with E-state index in [1.807, 2.05) is 31.2 Å². The summed E-state index contributed by atoms with van der Waals surface area (Å²) in [5.41, 5.74) is 0.885. The van der Waals surface area contributed by atoms with E-state index >= 15 is 0 Å². The first-order chi connectivity index (χ1) is 9.22. The summed E-state index contributed by atoms with van der Waals surface area (Å²) in [5.74, 6) is 0.848. The van der Waals surface area contributed by atoms with Crippen LogP contribution in [-0.4, -0.2) is 24.4 Å². The predicted octanol–water partition coefficient (Wildman–Crippen LogP) is 3.71. The molecule has 0 spiro atoms. The Morgan fingerprint density at radius 1 is 1.05 bits per heavy atom. The van der Waals surface area contributed by atoms with Crippen LogP contribution >= 0.6 is 0 Å². The van der Waals surface area contributed by atoms with Gasteiger partial charge in [0.05, 0.1) is 12.7 Å². The number of hydrogen-bond donors (Lipinski definition) is 1. The molecule has 0 fully saturated rings. The van der Waals surface area contributed by atoms with Gasteiger partial charge in [-0.15, -0.1) is 0 Å². The standard InChI is InChI=1S/C16H26O3/c1-4-7-15(18-6-3)16(17)13-8-10-14(11-9-13)19-12-5-2/h8-11,15-17H,4-7,12H2,1-3H3. The largest absolute Gasteiger partial charge is 0.494 e. The van der Waals surface area contributed by atoms with Gasteiger partial charge in [-0.2, -0.15) is 0 Å². The summed E-state index contributed by atoms with van der Waals surface area (Å²) in [4.78, 5) is 0. The van der Waals surface area contributed by atoms with Crippen LogP contribution in [0, 0.1) is 0 Å². The number of ether oxygens (including phenoxy) is 2. The lowest BCUT2D eigenvalue weighted by Crippen LogP contribution is -2.22. The van der Waals surface area contributed by atoms with Gasteiger partial charge in [0, 0.05) is 6.61 Å². The Hall–Kier alpha value is -1.06. The molecule has 0 heterocycles. The van der Waals surface area contributed by atoms with E-state index in [9.17, 15) is 5.11 Å². The smallest absolute Gasteiger partial charge is 0.119 e. The summed E-state index contributed by atoms with van der Waals surface area (Å²) >= 11 is 0. The Balaban J connectivity index is 2.66. The average molecular weight is 266 g/mol. The van der Waals surface area contributed by atoms with Gasteiger partial charge in [-0.1, -0.05) is 32.4 Å². The Labute approximate surface area is 116 Å². The topological polar surface area (TPSA) is 38.7 Å². The van der Waals surface area contributed by atoms with E-state index in [-0.39, 0.29) is 6.10 Å². The van der Waals surface area contributed by atoms with Gasteiger partial charge >= 0.3 is 0 Å². The third-order valence-electron chi connectivity index (χ3n) is 3.00. The Morgan fingerprint density at radius 3 is 2.26 bits per heavy atom. The van der Waals surface area contributed by atoms with Gasteiger partial charge in [-0.25, -0.2) is 0 Å². The lowest BCUT2D eigenvalue weighted by atomic mass is 10.0. The molecule has 3 heteroatoms. The maximum Gasteiger partial charge on any atom is 0.119 e. The molecule has 0 amide bonds. The Bertz CT molecular complexity index is 328. The number of hydrogen-bond acceptors (Lipinski definition) is 3. The molecule has 1 aromatic carbocycles. The van der Waals surface area contributed by atoms with Gasteiger partial charge in [0.1, 0.15) is 11.9 Å². The van der Waals surface area contributed by atoms with Gasteiger partial charge < -0.3 is 14.6 Å². The molecule has 19 heavy (non-hydrogen) atoms. The van der Waals surface area contributed by atoms with Crippen molar-refractivity contribution in [2.45, 2.75) is 52.2 Å². The molecule has 0 aliphatic rings. The Kier molecular flexibility index (Phi) is 7.53. The van der Waals surface area contributed by atoms with Crippen LogP contribution in [0.2, 0.25) is 0 Å². The van der Waals surface area contributed by atoms with E-state index in [1.165, 1.54) is 0 Å². The lowest BCUT2D eigenvalue weighted by Gasteiger charge is -2.23. The van der Waals surface area contributed by atoms with Crippen LogP contribution in [0.4, 0.5) is 0 Å². The minimum absolute atomic E-state index is 0.127. The molecule has 2 unspecified atom stereocenters. The fraction of sp³-hybridized carbons (Fsp3) is 0.625. The van der Waals surface area contributed by atoms with E-state index in [2.05, 4.69) is 13.8 Å². The van der Waals surface area contributed by atoms with Crippen LogP contribution in [0.15, 0.2) is 24.3 Å². The second-order valence-corrected chi connectivity index (χ2v) is 4.64. The summed E-state index contributed by atoms with van der Waals surface area (Å²) in [6.45, 7) is 7.48. The molecule has 0 aromatic heterocycles. The highest BCUT2D eigenvalue weighted by Gasteiger charge is 2.20. The summed E-state index contributed by atoms with van der Waals surface area (Å²) in [6, 6.07) is 7.64. The van der Waals surface area contributed by atoms with Crippen LogP contribution in [0.5, 0.6) is 5.75 Å². The molecule has 2 atom stereocenters. The van der Waals surface area contributed by atoms with Crippen molar-refractivity contribution in [3.05, 3.63) is 29.8 Å². The van der Waals surface area contributed by atoms with E-state index in [4.69, 9.17) is 9.47 Å². The maximum atomic E-state index is 10.3. The average Bonchev–Trinajstić information content (AvgIpc) is 2.44. The maximum absolute atomic E-state index is 10.3. The number of aliphatic hydroxyl groups excluding tert-OH is 1. The Morgan fingerprint density at radius 2 is 1.74 bits per heavy atom. The summed E-state index contributed by atoms with van der Waals surface area (Å²) in [5, 5.41) is 10.3. The minimum Gasteiger partial charge on any atom is -0.494 e. The highest BCUT2D eigenvalue weighted by Crippen LogP contribution is 2.24. The summed E-state index contributed by atoms with van der Waals surface area (Å²) < 4.78 is 11.1. The van der Waals surface area contributed by atoms with Gasteiger partial charge in [0.2, 0.25) is 0 Å². The number of benzene rings is 1. The normalized spacial score (nSPS) is 14.1. The monoisotopic (exact) mass is 266 g/mol. The van der Waals surface area contributed by atoms with E-state index in [0.717, 1.165) is 37.2 Å². The zero-order chi connectivity index (χ0) is 14.1. The molecular weight excluding hydrogens is 240 g/mol. The van der Waals surface area contributed by atoms with E-state index in [1.54, 1.807) is 0 Å². The molecule has 1 N–H and O–H groups in total. The molecule has 0 aliphatic carbocycles. The molecule has 1 rings (SSSR count). The SMILES string of the molecule is CCCOc1ccc(C(O)C(CCC)OCC)cc1. The molecule has 108 valence electrons. The second kappa shape index (κ2) is 8.94. The van der Waals surface area contributed by atoms with Crippen LogP contribution < -0.4 is 4.74 Å². The highest BCUT2D eigenvalue weighted by atomic mass is 16.5. The van der Waals surface area contributed by atoms with E-state index in [0.29, 0.717) is 6.61 Å². The van der Waals surface area contributed by atoms with Crippen LogP contribution in [0.3, 0.4) is 0 Å². The zero-order valence-electron chi connectivity index (χ0n) is 12.3. The number of rotatable bonds is 9. The second-order valence-electron chi connectivity index (χ2n) is 4.64. The van der Waals surface area contributed by atoms with Crippen LogP contribution in [-0.2, 0) is 4.74 Å². The molecular formula is C16H26O3. The minimum atomic E-state index is -0.569. The van der Waals surface area contributed by atoms with Gasteiger partial charge in [0.25, 0.3) is 0 Å². The predicted molar refractivity (Wildman–Crippen MR) is 77.5 cm³/mol. The van der Waals surface area contributed by atoms with Crippen molar-refractivity contribution in [2.24, 2.45) is 0 Å². The molecule has 3 nitrogen and oxygen atoms in total. The van der Waals surface area contributed by atoms with Crippen molar-refractivity contribution in [1.29, 1.82) is 0 Å². The first-order valence-corrected chi connectivity index (χ1v) is 7.25. The fourth-order valence-electron chi connectivity index (χ4n) is 2.03. The van der Waals surface area contributed by atoms with Gasteiger partial charge in [-0.3, -0.25) is 0 Å². The molecule has 0 bridgehead atoms.